The van der Waals surface area contributed by atoms with Crippen molar-refractivity contribution in [2.24, 2.45) is 5.92 Å². The largest absolute Gasteiger partial charge is 0.390 e. The van der Waals surface area contributed by atoms with E-state index in [1.807, 2.05) is 37.3 Å². The van der Waals surface area contributed by atoms with E-state index in [0.29, 0.717) is 6.42 Å². The Kier molecular flexibility index (Phi) is 2.33. The van der Waals surface area contributed by atoms with E-state index in [0.717, 1.165) is 12.0 Å². The Hall–Kier alpha value is -0.860. The van der Waals surface area contributed by atoms with Crippen LogP contribution in [0.4, 0.5) is 0 Å². The molecule has 2 N–H and O–H groups in total. The molecule has 1 fully saturated rings. The van der Waals surface area contributed by atoms with Crippen molar-refractivity contribution < 1.29 is 10.2 Å². The highest BCUT2D eigenvalue weighted by Crippen LogP contribution is 2.47. The minimum atomic E-state index is -0.532. The third-order valence-corrected chi connectivity index (χ3v) is 3.07. The molecule has 3 atom stereocenters. The lowest BCUT2D eigenvalue weighted by Gasteiger charge is -2.11. The van der Waals surface area contributed by atoms with E-state index >= 15 is 0 Å². The second kappa shape index (κ2) is 3.37. The first-order valence-corrected chi connectivity index (χ1v) is 5.05. The second-order valence-electron chi connectivity index (χ2n) is 4.42. The molecule has 76 valence electrons. The zero-order valence-corrected chi connectivity index (χ0v) is 8.35. The van der Waals surface area contributed by atoms with Crippen LogP contribution in [0.15, 0.2) is 30.3 Å². The number of rotatable bonds is 3. The molecular formula is C12H16O2. The van der Waals surface area contributed by atoms with Gasteiger partial charge in [-0.05, 0) is 31.2 Å². The molecule has 0 bridgehead atoms. The summed E-state index contributed by atoms with van der Waals surface area (Å²) in [6.45, 7) is 1.83. The molecule has 1 saturated carbocycles. The Bertz CT molecular complexity index is 305. The topological polar surface area (TPSA) is 40.5 Å². The third kappa shape index (κ3) is 1.97. The smallest absolute Gasteiger partial charge is 0.0793 e. The van der Waals surface area contributed by atoms with Crippen molar-refractivity contribution in [3.63, 3.8) is 0 Å². The molecule has 2 nitrogen and oxygen atoms in total. The maximum atomic E-state index is 9.85. The molecule has 0 spiro atoms. The normalized spacial score (nSPS) is 32.6. The minimum absolute atomic E-state index is 0.262. The van der Waals surface area contributed by atoms with Crippen LogP contribution < -0.4 is 0 Å². The third-order valence-electron chi connectivity index (χ3n) is 3.07. The second-order valence-corrected chi connectivity index (χ2v) is 4.42. The molecule has 0 aromatic heterocycles. The average Bonchev–Trinajstić information content (AvgIpc) is 2.75. The summed E-state index contributed by atoms with van der Waals surface area (Å²) in [7, 11) is 0. The highest BCUT2D eigenvalue weighted by atomic mass is 16.3. The molecule has 1 aromatic carbocycles. The SMILES string of the molecule is CC1(O)CC1CC(O)c1ccccc1. The van der Waals surface area contributed by atoms with Crippen molar-refractivity contribution in [1.82, 2.24) is 0 Å². The molecule has 0 aliphatic heterocycles. The van der Waals surface area contributed by atoms with Gasteiger partial charge in [0.2, 0.25) is 0 Å². The first-order chi connectivity index (χ1) is 6.59. The molecule has 0 heterocycles. The molecular weight excluding hydrogens is 176 g/mol. The Morgan fingerprint density at radius 2 is 2.00 bits per heavy atom. The van der Waals surface area contributed by atoms with Gasteiger partial charge >= 0.3 is 0 Å². The molecule has 0 radical (unpaired) electrons. The average molecular weight is 192 g/mol. The number of aliphatic hydroxyl groups is 2. The van der Waals surface area contributed by atoms with Crippen molar-refractivity contribution in [2.45, 2.75) is 31.5 Å². The predicted octanol–water partition coefficient (Wildman–Crippen LogP) is 1.88. The molecule has 0 amide bonds. The van der Waals surface area contributed by atoms with Gasteiger partial charge < -0.3 is 10.2 Å². The van der Waals surface area contributed by atoms with E-state index in [1.165, 1.54) is 0 Å². The van der Waals surface area contributed by atoms with Gasteiger partial charge in [-0.15, -0.1) is 0 Å². The highest BCUT2D eigenvalue weighted by Gasteiger charge is 2.48. The fourth-order valence-electron chi connectivity index (χ4n) is 1.86. The van der Waals surface area contributed by atoms with E-state index in [1.54, 1.807) is 0 Å². The maximum Gasteiger partial charge on any atom is 0.0793 e. The number of aliphatic hydroxyl groups excluding tert-OH is 1. The van der Waals surface area contributed by atoms with Crippen molar-refractivity contribution in [1.29, 1.82) is 0 Å². The van der Waals surface area contributed by atoms with E-state index in [9.17, 15) is 10.2 Å². The molecule has 1 aromatic rings. The van der Waals surface area contributed by atoms with Gasteiger partial charge in [-0.1, -0.05) is 30.3 Å². The van der Waals surface area contributed by atoms with Gasteiger partial charge in [0, 0.05) is 0 Å². The van der Waals surface area contributed by atoms with Crippen LogP contribution in [0.2, 0.25) is 0 Å². The lowest BCUT2D eigenvalue weighted by molar-refractivity contribution is 0.114. The fourth-order valence-corrected chi connectivity index (χ4v) is 1.86. The quantitative estimate of drug-likeness (QED) is 0.767. The maximum absolute atomic E-state index is 9.85. The molecule has 14 heavy (non-hydrogen) atoms. The van der Waals surface area contributed by atoms with Crippen molar-refractivity contribution in [3.05, 3.63) is 35.9 Å². The molecule has 0 saturated heterocycles. The van der Waals surface area contributed by atoms with E-state index in [-0.39, 0.29) is 5.92 Å². The lowest BCUT2D eigenvalue weighted by Crippen LogP contribution is -2.07. The van der Waals surface area contributed by atoms with Gasteiger partial charge in [0.1, 0.15) is 0 Å². The monoisotopic (exact) mass is 192 g/mol. The van der Waals surface area contributed by atoms with E-state index < -0.39 is 11.7 Å². The van der Waals surface area contributed by atoms with Crippen LogP contribution in [0.5, 0.6) is 0 Å². The minimum Gasteiger partial charge on any atom is -0.390 e. The Morgan fingerprint density at radius 3 is 2.50 bits per heavy atom. The number of benzene rings is 1. The van der Waals surface area contributed by atoms with E-state index in [2.05, 4.69) is 0 Å². The summed E-state index contributed by atoms with van der Waals surface area (Å²) >= 11 is 0. The standard InChI is InChI=1S/C12H16O2/c1-12(14)8-10(12)7-11(13)9-5-3-2-4-6-9/h2-6,10-11,13-14H,7-8H2,1H3. The Balaban J connectivity index is 1.94. The van der Waals surface area contributed by atoms with Gasteiger partial charge in [-0.3, -0.25) is 0 Å². The van der Waals surface area contributed by atoms with Gasteiger partial charge in [0.15, 0.2) is 0 Å². The van der Waals surface area contributed by atoms with Crippen LogP contribution in [-0.4, -0.2) is 15.8 Å². The first kappa shape index (κ1) is 9.69. The summed E-state index contributed by atoms with van der Waals surface area (Å²) in [6, 6.07) is 9.61. The van der Waals surface area contributed by atoms with Crippen molar-refractivity contribution in [2.75, 3.05) is 0 Å². The van der Waals surface area contributed by atoms with Gasteiger partial charge in [0.05, 0.1) is 11.7 Å². The summed E-state index contributed by atoms with van der Waals surface area (Å²) in [6.07, 6.45) is 1.05. The Labute approximate surface area is 84.2 Å². The van der Waals surface area contributed by atoms with Crippen LogP contribution in [0.3, 0.4) is 0 Å². The lowest BCUT2D eigenvalue weighted by atomic mass is 10.0. The summed E-state index contributed by atoms with van der Waals surface area (Å²) in [5, 5.41) is 19.4. The zero-order valence-electron chi connectivity index (χ0n) is 8.35. The summed E-state index contributed by atoms with van der Waals surface area (Å²) in [4.78, 5) is 0. The molecule has 1 aliphatic rings. The zero-order chi connectivity index (χ0) is 10.2. The van der Waals surface area contributed by atoms with Gasteiger partial charge in [-0.25, -0.2) is 0 Å². The van der Waals surface area contributed by atoms with Crippen molar-refractivity contribution in [3.8, 4) is 0 Å². The Morgan fingerprint density at radius 1 is 1.43 bits per heavy atom. The number of hydrogen-bond acceptors (Lipinski definition) is 2. The number of hydrogen-bond donors (Lipinski definition) is 2. The van der Waals surface area contributed by atoms with Crippen LogP contribution in [0, 0.1) is 5.92 Å². The summed E-state index contributed by atoms with van der Waals surface area (Å²) in [5.41, 5.74) is 0.408. The van der Waals surface area contributed by atoms with E-state index in [4.69, 9.17) is 0 Å². The fraction of sp³-hybridized carbons (Fsp3) is 0.500. The van der Waals surface area contributed by atoms with Crippen LogP contribution in [0.1, 0.15) is 31.4 Å². The molecule has 2 heteroatoms. The molecule has 1 aliphatic carbocycles. The molecule has 3 unspecified atom stereocenters. The summed E-state index contributed by atoms with van der Waals surface area (Å²) in [5.74, 6) is 0.262. The van der Waals surface area contributed by atoms with Crippen molar-refractivity contribution >= 4 is 0 Å². The summed E-state index contributed by atoms with van der Waals surface area (Å²) < 4.78 is 0. The van der Waals surface area contributed by atoms with Crippen LogP contribution in [-0.2, 0) is 0 Å². The predicted molar refractivity (Wildman–Crippen MR) is 54.7 cm³/mol. The van der Waals surface area contributed by atoms with Crippen LogP contribution >= 0.6 is 0 Å². The van der Waals surface area contributed by atoms with Crippen LogP contribution in [0.25, 0.3) is 0 Å². The highest BCUT2D eigenvalue weighted by molar-refractivity contribution is 5.18. The van der Waals surface area contributed by atoms with Gasteiger partial charge in [0.25, 0.3) is 0 Å². The molecule has 2 rings (SSSR count). The first-order valence-electron chi connectivity index (χ1n) is 5.05. The van der Waals surface area contributed by atoms with Gasteiger partial charge in [-0.2, -0.15) is 0 Å².